The topological polar surface area (TPSA) is 12.0 Å². The van der Waals surface area contributed by atoms with Gasteiger partial charge in [-0.3, -0.25) is 0 Å². The molecule has 0 aromatic carbocycles. The molecule has 0 saturated heterocycles. The molecule has 2 aliphatic carbocycles. The lowest BCUT2D eigenvalue weighted by Crippen LogP contribution is -2.44. The first-order chi connectivity index (χ1) is 7.40. The zero-order chi connectivity index (χ0) is 11.9. The smallest absolute Gasteiger partial charge is 0.0127 e. The van der Waals surface area contributed by atoms with E-state index in [-0.39, 0.29) is 0 Å². The average molecular weight is 223 g/mol. The van der Waals surface area contributed by atoms with Crippen LogP contribution in [0.1, 0.15) is 60.3 Å². The molecular formula is C15H29N. The lowest BCUT2D eigenvalue weighted by atomic mass is 9.74. The lowest BCUT2D eigenvalue weighted by molar-refractivity contribution is 0.165. The predicted octanol–water partition coefficient (Wildman–Crippen LogP) is 3.84. The van der Waals surface area contributed by atoms with Crippen LogP contribution in [-0.4, -0.2) is 12.1 Å². The maximum absolute atomic E-state index is 3.94. The van der Waals surface area contributed by atoms with E-state index in [4.69, 9.17) is 0 Å². The molecule has 0 bridgehead atoms. The fraction of sp³-hybridized carbons (Fsp3) is 1.00. The lowest BCUT2D eigenvalue weighted by Gasteiger charge is -2.38. The average Bonchev–Trinajstić information content (AvgIpc) is 2.72. The van der Waals surface area contributed by atoms with Crippen molar-refractivity contribution in [2.45, 2.75) is 72.4 Å². The molecule has 4 unspecified atom stereocenters. The Bertz CT molecular complexity index is 244. The largest absolute Gasteiger partial charge is 0.310 e. The Labute approximate surface area is 101 Å². The van der Waals surface area contributed by atoms with Gasteiger partial charge in [0.2, 0.25) is 0 Å². The fourth-order valence-corrected chi connectivity index (χ4v) is 3.40. The summed E-state index contributed by atoms with van der Waals surface area (Å²) in [6.45, 7) is 12.0. The van der Waals surface area contributed by atoms with E-state index in [9.17, 15) is 0 Å². The van der Waals surface area contributed by atoms with Crippen LogP contribution in [0.2, 0.25) is 0 Å². The van der Waals surface area contributed by atoms with Gasteiger partial charge < -0.3 is 5.32 Å². The Morgan fingerprint density at radius 1 is 1.19 bits per heavy atom. The minimum atomic E-state index is 0.572. The van der Waals surface area contributed by atoms with E-state index in [0.29, 0.717) is 5.41 Å². The first-order valence-corrected chi connectivity index (χ1v) is 7.16. The monoisotopic (exact) mass is 223 g/mol. The summed E-state index contributed by atoms with van der Waals surface area (Å²) < 4.78 is 0. The third-order valence-electron chi connectivity index (χ3n) is 4.95. The van der Waals surface area contributed by atoms with Crippen LogP contribution in [0.5, 0.6) is 0 Å². The van der Waals surface area contributed by atoms with Gasteiger partial charge in [-0.15, -0.1) is 0 Å². The van der Waals surface area contributed by atoms with Crippen molar-refractivity contribution in [3.05, 3.63) is 0 Å². The van der Waals surface area contributed by atoms with Gasteiger partial charge in [-0.25, -0.2) is 0 Å². The number of nitrogens with one attached hydrogen (secondary N) is 1. The van der Waals surface area contributed by atoms with E-state index in [1.807, 2.05) is 0 Å². The van der Waals surface area contributed by atoms with Crippen LogP contribution in [0.15, 0.2) is 0 Å². The van der Waals surface area contributed by atoms with Gasteiger partial charge in [-0.1, -0.05) is 41.0 Å². The number of rotatable bonds is 3. The van der Waals surface area contributed by atoms with Gasteiger partial charge in [-0.2, -0.15) is 0 Å². The molecular weight excluding hydrogens is 194 g/mol. The first-order valence-electron chi connectivity index (χ1n) is 7.16. The molecule has 2 aliphatic rings. The van der Waals surface area contributed by atoms with Crippen molar-refractivity contribution < 1.29 is 0 Å². The molecule has 1 heteroatoms. The Balaban J connectivity index is 1.93. The second-order valence-electron chi connectivity index (χ2n) is 7.34. The van der Waals surface area contributed by atoms with Crippen molar-refractivity contribution in [1.29, 1.82) is 0 Å². The van der Waals surface area contributed by atoms with Crippen LogP contribution < -0.4 is 5.32 Å². The molecule has 16 heavy (non-hydrogen) atoms. The minimum Gasteiger partial charge on any atom is -0.310 e. The van der Waals surface area contributed by atoms with Gasteiger partial charge in [0, 0.05) is 12.1 Å². The molecule has 0 aliphatic heterocycles. The first kappa shape index (κ1) is 12.4. The van der Waals surface area contributed by atoms with Crippen molar-refractivity contribution in [2.75, 3.05) is 0 Å². The molecule has 2 saturated carbocycles. The Morgan fingerprint density at radius 3 is 2.31 bits per heavy atom. The molecule has 1 N–H and O–H groups in total. The highest BCUT2D eigenvalue weighted by Gasteiger charge is 2.47. The van der Waals surface area contributed by atoms with Crippen LogP contribution in [0.3, 0.4) is 0 Å². The molecule has 2 fully saturated rings. The Morgan fingerprint density at radius 2 is 1.81 bits per heavy atom. The van der Waals surface area contributed by atoms with Gasteiger partial charge in [0.1, 0.15) is 0 Å². The van der Waals surface area contributed by atoms with Crippen LogP contribution >= 0.6 is 0 Å². The van der Waals surface area contributed by atoms with Crippen molar-refractivity contribution in [3.8, 4) is 0 Å². The molecule has 4 atom stereocenters. The van der Waals surface area contributed by atoms with E-state index >= 15 is 0 Å². The van der Waals surface area contributed by atoms with Gasteiger partial charge in [0.05, 0.1) is 0 Å². The van der Waals surface area contributed by atoms with E-state index in [1.165, 1.54) is 25.7 Å². The highest BCUT2D eigenvalue weighted by atomic mass is 15.0. The maximum Gasteiger partial charge on any atom is 0.0127 e. The molecule has 0 spiro atoms. The summed E-state index contributed by atoms with van der Waals surface area (Å²) in [5.74, 6) is 2.67. The van der Waals surface area contributed by atoms with Crippen LogP contribution in [0.25, 0.3) is 0 Å². The highest BCUT2D eigenvalue weighted by Crippen LogP contribution is 2.46. The Kier molecular flexibility index (Phi) is 3.36. The zero-order valence-electron chi connectivity index (χ0n) is 11.7. The van der Waals surface area contributed by atoms with E-state index < -0.39 is 0 Å². The van der Waals surface area contributed by atoms with Gasteiger partial charge in [0.25, 0.3) is 0 Å². The molecule has 0 aromatic heterocycles. The zero-order valence-corrected chi connectivity index (χ0v) is 11.7. The maximum atomic E-state index is 3.94. The molecule has 0 heterocycles. The summed E-state index contributed by atoms with van der Waals surface area (Å²) in [6.07, 6.45) is 5.65. The van der Waals surface area contributed by atoms with Crippen LogP contribution in [-0.2, 0) is 0 Å². The summed E-state index contributed by atoms with van der Waals surface area (Å²) >= 11 is 0. The van der Waals surface area contributed by atoms with E-state index in [0.717, 1.165) is 29.8 Å². The third kappa shape index (κ3) is 2.61. The fourth-order valence-electron chi connectivity index (χ4n) is 3.40. The van der Waals surface area contributed by atoms with Gasteiger partial charge >= 0.3 is 0 Å². The van der Waals surface area contributed by atoms with Crippen molar-refractivity contribution in [3.63, 3.8) is 0 Å². The second kappa shape index (κ2) is 4.33. The van der Waals surface area contributed by atoms with E-state index in [1.54, 1.807) is 0 Å². The summed E-state index contributed by atoms with van der Waals surface area (Å²) in [5, 5.41) is 3.94. The summed E-state index contributed by atoms with van der Waals surface area (Å²) in [5.41, 5.74) is 0.572. The molecule has 94 valence electrons. The molecule has 0 radical (unpaired) electrons. The number of hydrogen-bond donors (Lipinski definition) is 1. The molecule has 1 nitrogen and oxygen atoms in total. The Hall–Kier alpha value is -0.0400. The van der Waals surface area contributed by atoms with Crippen molar-refractivity contribution in [2.24, 2.45) is 23.2 Å². The summed E-state index contributed by atoms with van der Waals surface area (Å²) in [6, 6.07) is 1.58. The molecule has 0 amide bonds. The summed E-state index contributed by atoms with van der Waals surface area (Å²) in [4.78, 5) is 0. The normalized spacial score (nSPS) is 42.4. The van der Waals surface area contributed by atoms with Gasteiger partial charge in [0.15, 0.2) is 0 Å². The quantitative estimate of drug-likeness (QED) is 0.766. The highest BCUT2D eigenvalue weighted by molar-refractivity contribution is 5.04. The standard InChI is InChI=1S/C15H29N/c1-10(2)12-7-6-11(3)8-13(12)16-14-9-15(14,4)5/h10-14,16H,6-9H2,1-5H3. The van der Waals surface area contributed by atoms with Gasteiger partial charge in [-0.05, 0) is 42.4 Å². The summed E-state index contributed by atoms with van der Waals surface area (Å²) in [7, 11) is 0. The van der Waals surface area contributed by atoms with Crippen molar-refractivity contribution in [1.82, 2.24) is 5.32 Å². The van der Waals surface area contributed by atoms with E-state index in [2.05, 4.69) is 39.9 Å². The van der Waals surface area contributed by atoms with Crippen LogP contribution in [0.4, 0.5) is 0 Å². The predicted molar refractivity (Wildman–Crippen MR) is 70.5 cm³/mol. The third-order valence-corrected chi connectivity index (χ3v) is 4.95. The molecule has 0 aromatic rings. The van der Waals surface area contributed by atoms with Crippen molar-refractivity contribution >= 4 is 0 Å². The minimum absolute atomic E-state index is 0.572. The second-order valence-corrected chi connectivity index (χ2v) is 7.34. The molecule has 2 rings (SSSR count). The SMILES string of the molecule is CC1CCC(C(C)C)C(NC2CC2(C)C)C1. The van der Waals surface area contributed by atoms with Crippen LogP contribution in [0, 0.1) is 23.2 Å². The number of hydrogen-bond acceptors (Lipinski definition) is 1.